The molecule has 1 atom stereocenters. The van der Waals surface area contributed by atoms with Crippen LogP contribution < -0.4 is 10.5 Å². The minimum absolute atomic E-state index is 0.0198. The number of likely N-dealkylation sites (N-methyl/N-ethyl adjacent to an activating group) is 1. The van der Waals surface area contributed by atoms with Gasteiger partial charge in [0.2, 0.25) is 15.9 Å². The maximum Gasteiger partial charge on any atom is 0.238 e. The number of carbonyl (C=O) groups is 1. The van der Waals surface area contributed by atoms with E-state index in [1.807, 2.05) is 13.1 Å². The van der Waals surface area contributed by atoms with Crippen molar-refractivity contribution >= 4 is 21.6 Å². The van der Waals surface area contributed by atoms with Crippen LogP contribution in [-0.2, 0) is 21.2 Å². The average Bonchev–Trinajstić information content (AvgIpc) is 2.60. The highest BCUT2D eigenvalue weighted by molar-refractivity contribution is 7.89. The van der Waals surface area contributed by atoms with Gasteiger partial charge < -0.3 is 5.32 Å². The summed E-state index contributed by atoms with van der Waals surface area (Å²) in [6.45, 7) is 0.260. The van der Waals surface area contributed by atoms with E-state index in [4.69, 9.17) is 5.14 Å². The van der Waals surface area contributed by atoms with Gasteiger partial charge in [0, 0.05) is 11.7 Å². The summed E-state index contributed by atoms with van der Waals surface area (Å²) in [4.78, 5) is 14.4. The van der Waals surface area contributed by atoms with E-state index in [1.165, 1.54) is 35.4 Å². The molecular weight excluding hydrogens is 350 g/mol. The number of primary sulfonamides is 1. The molecular formula is C19H23N3O3S. The predicted octanol–water partition coefficient (Wildman–Crippen LogP) is 2.28. The first-order valence-electron chi connectivity index (χ1n) is 8.55. The number of nitrogens with two attached hydrogens (primary N) is 1. The number of carbonyl (C=O) groups excluding carboxylic acids is 1. The van der Waals surface area contributed by atoms with E-state index in [2.05, 4.69) is 28.4 Å². The molecule has 0 heterocycles. The second kappa shape index (κ2) is 7.57. The third-order valence-corrected chi connectivity index (χ3v) is 5.66. The number of hydrogen-bond acceptors (Lipinski definition) is 4. The Morgan fingerprint density at radius 3 is 2.58 bits per heavy atom. The summed E-state index contributed by atoms with van der Waals surface area (Å²) in [7, 11) is -1.78. The molecule has 6 nitrogen and oxygen atoms in total. The van der Waals surface area contributed by atoms with Crippen LogP contribution in [0.4, 0.5) is 5.69 Å². The van der Waals surface area contributed by atoms with Crippen LogP contribution in [0.2, 0.25) is 0 Å². The molecule has 0 aliphatic heterocycles. The maximum atomic E-state index is 12.4. The van der Waals surface area contributed by atoms with Crippen LogP contribution in [0.1, 0.15) is 30.0 Å². The van der Waals surface area contributed by atoms with Crippen LogP contribution in [0, 0.1) is 0 Å². The van der Waals surface area contributed by atoms with Gasteiger partial charge in [-0.2, -0.15) is 0 Å². The number of anilines is 1. The van der Waals surface area contributed by atoms with E-state index in [-0.39, 0.29) is 23.4 Å². The highest BCUT2D eigenvalue weighted by atomic mass is 32.2. The Morgan fingerprint density at radius 1 is 1.19 bits per heavy atom. The summed E-state index contributed by atoms with van der Waals surface area (Å²) < 4.78 is 22.5. The number of amides is 1. The molecule has 0 aromatic heterocycles. The standard InChI is InChI=1S/C19H23N3O3S/c1-22(18-8-4-6-14-5-2-3-7-17(14)18)13-19(23)21-15-9-11-16(12-10-15)26(20,24)25/h2-3,5,7,9-12,18H,4,6,8,13H2,1H3,(H,21,23)(H2,20,24,25)/t18-/m1/s1. The first-order valence-corrected chi connectivity index (χ1v) is 10.1. The zero-order chi connectivity index (χ0) is 18.7. The van der Waals surface area contributed by atoms with Gasteiger partial charge in [-0.1, -0.05) is 24.3 Å². The lowest BCUT2D eigenvalue weighted by atomic mass is 9.87. The molecule has 0 fully saturated rings. The first kappa shape index (κ1) is 18.6. The topological polar surface area (TPSA) is 92.5 Å². The lowest BCUT2D eigenvalue weighted by molar-refractivity contribution is -0.117. The summed E-state index contributed by atoms with van der Waals surface area (Å²) in [5, 5.41) is 7.87. The van der Waals surface area contributed by atoms with Crippen molar-refractivity contribution in [2.75, 3.05) is 18.9 Å². The monoisotopic (exact) mass is 373 g/mol. The highest BCUT2D eigenvalue weighted by Gasteiger charge is 2.24. The Bertz CT molecular complexity index is 895. The van der Waals surface area contributed by atoms with E-state index >= 15 is 0 Å². The van der Waals surface area contributed by atoms with Crippen molar-refractivity contribution in [3.8, 4) is 0 Å². The van der Waals surface area contributed by atoms with Crippen molar-refractivity contribution in [1.29, 1.82) is 0 Å². The van der Waals surface area contributed by atoms with E-state index in [0.717, 1.165) is 19.3 Å². The van der Waals surface area contributed by atoms with E-state index in [0.29, 0.717) is 5.69 Å². The summed E-state index contributed by atoms with van der Waals surface area (Å²) in [6, 6.07) is 14.5. The van der Waals surface area contributed by atoms with Gasteiger partial charge in [0.25, 0.3) is 0 Å². The van der Waals surface area contributed by atoms with Gasteiger partial charge in [0.15, 0.2) is 0 Å². The Labute approximate surface area is 154 Å². The molecule has 1 amide bonds. The molecule has 3 rings (SSSR count). The number of hydrogen-bond donors (Lipinski definition) is 2. The van der Waals surface area contributed by atoms with Gasteiger partial charge in [-0.05, 0) is 61.7 Å². The summed E-state index contributed by atoms with van der Waals surface area (Å²) in [5.41, 5.74) is 3.20. The van der Waals surface area contributed by atoms with Crippen molar-refractivity contribution in [2.45, 2.75) is 30.2 Å². The second-order valence-corrected chi connectivity index (χ2v) is 8.20. The number of rotatable bonds is 5. The molecule has 0 unspecified atom stereocenters. The Kier molecular flexibility index (Phi) is 5.41. The molecule has 3 N–H and O–H groups in total. The number of benzene rings is 2. The fraction of sp³-hybridized carbons (Fsp3) is 0.316. The zero-order valence-electron chi connectivity index (χ0n) is 14.7. The third kappa shape index (κ3) is 4.30. The molecule has 26 heavy (non-hydrogen) atoms. The molecule has 0 bridgehead atoms. The normalized spacial score (nSPS) is 17.0. The van der Waals surface area contributed by atoms with Crippen LogP contribution in [0.5, 0.6) is 0 Å². The van der Waals surface area contributed by atoms with Gasteiger partial charge in [-0.15, -0.1) is 0 Å². The van der Waals surface area contributed by atoms with Gasteiger partial charge in [-0.25, -0.2) is 13.6 Å². The summed E-state index contributed by atoms with van der Waals surface area (Å²) in [5.74, 6) is -0.140. The molecule has 0 saturated carbocycles. The fourth-order valence-corrected chi connectivity index (χ4v) is 3.97. The average molecular weight is 373 g/mol. The molecule has 2 aromatic carbocycles. The van der Waals surface area contributed by atoms with Crippen LogP contribution in [-0.4, -0.2) is 32.8 Å². The highest BCUT2D eigenvalue weighted by Crippen LogP contribution is 2.33. The van der Waals surface area contributed by atoms with Gasteiger partial charge >= 0.3 is 0 Å². The van der Waals surface area contributed by atoms with Crippen LogP contribution in [0.3, 0.4) is 0 Å². The second-order valence-electron chi connectivity index (χ2n) is 6.64. The van der Waals surface area contributed by atoms with Crippen molar-refractivity contribution in [2.24, 2.45) is 5.14 Å². The van der Waals surface area contributed by atoms with E-state index < -0.39 is 10.0 Å². The SMILES string of the molecule is CN(CC(=O)Nc1ccc(S(N)(=O)=O)cc1)[C@@H]1CCCc2ccccc21. The Hall–Kier alpha value is -2.22. The number of aryl methyl sites for hydroxylation is 1. The predicted molar refractivity (Wildman–Crippen MR) is 101 cm³/mol. The van der Waals surface area contributed by atoms with Gasteiger partial charge in [-0.3, -0.25) is 9.69 Å². The van der Waals surface area contributed by atoms with Crippen LogP contribution in [0.25, 0.3) is 0 Å². The lowest BCUT2D eigenvalue weighted by Crippen LogP contribution is -2.34. The molecule has 2 aromatic rings. The van der Waals surface area contributed by atoms with Gasteiger partial charge in [0.05, 0.1) is 11.4 Å². The number of fused-ring (bicyclic) bond motifs is 1. The smallest absolute Gasteiger partial charge is 0.238 e. The minimum Gasteiger partial charge on any atom is -0.325 e. The van der Waals surface area contributed by atoms with Gasteiger partial charge in [0.1, 0.15) is 0 Å². The first-order chi connectivity index (χ1) is 12.3. The number of nitrogens with zero attached hydrogens (tertiary/aromatic N) is 1. The minimum atomic E-state index is -3.73. The third-order valence-electron chi connectivity index (χ3n) is 4.73. The molecule has 1 aliphatic rings. The molecule has 7 heteroatoms. The quantitative estimate of drug-likeness (QED) is 0.841. The summed E-state index contributed by atoms with van der Waals surface area (Å²) >= 11 is 0. The van der Waals surface area contributed by atoms with E-state index in [9.17, 15) is 13.2 Å². The molecule has 138 valence electrons. The van der Waals surface area contributed by atoms with Crippen molar-refractivity contribution in [3.63, 3.8) is 0 Å². The van der Waals surface area contributed by atoms with Crippen LogP contribution >= 0.6 is 0 Å². The van der Waals surface area contributed by atoms with Crippen molar-refractivity contribution in [1.82, 2.24) is 4.90 Å². The Morgan fingerprint density at radius 2 is 1.88 bits per heavy atom. The Balaban J connectivity index is 1.63. The lowest BCUT2D eigenvalue weighted by Gasteiger charge is -2.32. The zero-order valence-corrected chi connectivity index (χ0v) is 15.5. The van der Waals surface area contributed by atoms with E-state index in [1.54, 1.807) is 0 Å². The largest absolute Gasteiger partial charge is 0.325 e. The van der Waals surface area contributed by atoms with Crippen LogP contribution in [0.15, 0.2) is 53.4 Å². The van der Waals surface area contributed by atoms with Crippen molar-refractivity contribution < 1.29 is 13.2 Å². The number of sulfonamides is 1. The molecule has 0 spiro atoms. The maximum absolute atomic E-state index is 12.4. The molecule has 0 saturated heterocycles. The van der Waals surface area contributed by atoms with Crippen molar-refractivity contribution in [3.05, 3.63) is 59.7 Å². The molecule has 0 radical (unpaired) electrons. The summed E-state index contributed by atoms with van der Waals surface area (Å²) in [6.07, 6.45) is 3.23. The molecule has 1 aliphatic carbocycles. The fourth-order valence-electron chi connectivity index (χ4n) is 3.45. The number of nitrogens with one attached hydrogen (secondary N) is 1.